The summed E-state index contributed by atoms with van der Waals surface area (Å²) in [6.45, 7) is 0.664. The first-order chi connectivity index (χ1) is 19.7. The molecule has 0 spiro atoms. The number of aliphatic imine (C=N–C) groups is 1. The highest BCUT2D eigenvalue weighted by Crippen LogP contribution is 2.37. The maximum Gasteiger partial charge on any atom is 0.337 e. The number of carbonyl (C=O) groups excluding carboxylic acids is 3. The van der Waals surface area contributed by atoms with Crippen molar-refractivity contribution in [2.75, 3.05) is 45.0 Å². The molecule has 0 radical (unpaired) electrons. The molecule has 10 nitrogen and oxygen atoms in total. The second kappa shape index (κ2) is 11.6. The van der Waals surface area contributed by atoms with E-state index in [0.717, 1.165) is 11.2 Å². The third kappa shape index (κ3) is 5.82. The standard InChI is InChI=1S/C31H30N6O4/c1-36(2)16-13-27(38)37(3)22-9-7-21(8-10-22)34-29(19-6-12-24-26(17-19)33-15-14-32-24)28-23-11-5-20(31(40)41-4)18-25(23)35-30(28)39/h5-12,14-15,17-18,28H,13,16H2,1-4H3,(H,35,39). The van der Waals surface area contributed by atoms with Gasteiger partial charge >= 0.3 is 5.97 Å². The van der Waals surface area contributed by atoms with Crippen LogP contribution in [0.5, 0.6) is 0 Å². The van der Waals surface area contributed by atoms with E-state index in [1.165, 1.54) is 7.11 Å². The van der Waals surface area contributed by atoms with Gasteiger partial charge in [0.05, 0.1) is 35.1 Å². The molecule has 3 aromatic carbocycles. The van der Waals surface area contributed by atoms with Crippen LogP contribution in [0.4, 0.5) is 17.1 Å². The van der Waals surface area contributed by atoms with Crippen molar-refractivity contribution < 1.29 is 19.1 Å². The van der Waals surface area contributed by atoms with Crippen LogP contribution in [0.1, 0.15) is 33.8 Å². The number of rotatable bonds is 8. The number of benzene rings is 3. The van der Waals surface area contributed by atoms with Crippen molar-refractivity contribution >= 4 is 51.6 Å². The topological polar surface area (TPSA) is 117 Å². The van der Waals surface area contributed by atoms with E-state index < -0.39 is 11.9 Å². The molecule has 1 N–H and O–H groups in total. The zero-order valence-electron chi connectivity index (χ0n) is 23.3. The minimum atomic E-state index is -0.735. The smallest absolute Gasteiger partial charge is 0.337 e. The zero-order chi connectivity index (χ0) is 29.1. The Morgan fingerprint density at radius 2 is 1.63 bits per heavy atom. The Bertz CT molecular complexity index is 1670. The SMILES string of the molecule is COC(=O)c1ccc2c(c1)NC(=O)C2C(=Nc1ccc(N(C)C(=O)CCN(C)C)cc1)c1ccc2nccnc2c1. The van der Waals surface area contributed by atoms with E-state index in [1.54, 1.807) is 42.5 Å². The lowest BCUT2D eigenvalue weighted by Gasteiger charge is -2.19. The first kappa shape index (κ1) is 27.6. The number of methoxy groups -OCH3 is 1. The molecule has 1 aliphatic heterocycles. The van der Waals surface area contributed by atoms with Crippen molar-refractivity contribution in [3.8, 4) is 0 Å². The number of hydrogen-bond donors (Lipinski definition) is 1. The Hall–Kier alpha value is -4.96. The molecule has 41 heavy (non-hydrogen) atoms. The molecule has 4 aromatic rings. The van der Waals surface area contributed by atoms with Crippen molar-refractivity contribution in [1.29, 1.82) is 0 Å². The second-order valence-corrected chi connectivity index (χ2v) is 10.00. The monoisotopic (exact) mass is 550 g/mol. The summed E-state index contributed by atoms with van der Waals surface area (Å²) in [6, 6.07) is 17.9. The Morgan fingerprint density at radius 3 is 2.34 bits per heavy atom. The maximum atomic E-state index is 13.4. The van der Waals surface area contributed by atoms with Gasteiger partial charge in [0.25, 0.3) is 0 Å². The van der Waals surface area contributed by atoms with Crippen molar-refractivity contribution in [2.45, 2.75) is 12.3 Å². The molecule has 0 saturated carbocycles. The highest BCUT2D eigenvalue weighted by Gasteiger charge is 2.36. The largest absolute Gasteiger partial charge is 0.465 e. The number of fused-ring (bicyclic) bond motifs is 2. The van der Waals surface area contributed by atoms with Gasteiger partial charge in [0, 0.05) is 43.8 Å². The summed E-state index contributed by atoms with van der Waals surface area (Å²) < 4.78 is 4.84. The molecule has 2 heterocycles. The quantitative estimate of drug-likeness (QED) is 0.258. The third-order valence-electron chi connectivity index (χ3n) is 6.98. The van der Waals surface area contributed by atoms with Gasteiger partial charge in [-0.25, -0.2) is 4.79 Å². The number of esters is 1. The molecule has 0 bridgehead atoms. The molecular formula is C31H30N6O4. The molecular weight excluding hydrogens is 520 g/mol. The lowest BCUT2D eigenvalue weighted by atomic mass is 9.90. The molecule has 2 amide bonds. The lowest BCUT2D eigenvalue weighted by molar-refractivity contribution is -0.118. The summed E-state index contributed by atoms with van der Waals surface area (Å²) in [7, 11) is 6.93. The third-order valence-corrected chi connectivity index (χ3v) is 6.98. The van der Waals surface area contributed by atoms with Crippen LogP contribution < -0.4 is 10.2 Å². The maximum absolute atomic E-state index is 13.4. The van der Waals surface area contributed by atoms with Crippen LogP contribution in [0.25, 0.3) is 11.0 Å². The predicted octanol–water partition coefficient (Wildman–Crippen LogP) is 4.19. The molecule has 10 heteroatoms. The lowest BCUT2D eigenvalue weighted by Crippen LogP contribution is -2.29. The Kier molecular flexibility index (Phi) is 7.84. The Morgan fingerprint density at radius 1 is 0.927 bits per heavy atom. The highest BCUT2D eigenvalue weighted by atomic mass is 16.5. The summed E-state index contributed by atoms with van der Waals surface area (Å²) in [5, 5.41) is 2.89. The van der Waals surface area contributed by atoms with E-state index in [9.17, 15) is 14.4 Å². The van der Waals surface area contributed by atoms with Crippen molar-refractivity contribution in [3.05, 3.63) is 89.7 Å². The van der Waals surface area contributed by atoms with Crippen LogP contribution in [-0.2, 0) is 14.3 Å². The molecule has 0 aliphatic carbocycles. The first-order valence-electron chi connectivity index (χ1n) is 13.1. The van der Waals surface area contributed by atoms with Crippen LogP contribution in [0, 0.1) is 0 Å². The molecule has 0 fully saturated rings. The van der Waals surface area contributed by atoms with Gasteiger partial charge in [-0.3, -0.25) is 24.5 Å². The van der Waals surface area contributed by atoms with E-state index in [2.05, 4.69) is 15.3 Å². The minimum absolute atomic E-state index is 0.0125. The number of hydrogen-bond acceptors (Lipinski definition) is 8. The normalized spacial score (nSPS) is 14.6. The predicted molar refractivity (Wildman–Crippen MR) is 158 cm³/mol. The van der Waals surface area contributed by atoms with Gasteiger partial charge in [-0.2, -0.15) is 0 Å². The number of nitrogens with one attached hydrogen (secondary N) is 1. The number of anilines is 2. The minimum Gasteiger partial charge on any atom is -0.465 e. The Balaban J connectivity index is 1.54. The molecule has 1 unspecified atom stereocenters. The average Bonchev–Trinajstić information content (AvgIpc) is 3.32. The van der Waals surface area contributed by atoms with E-state index in [4.69, 9.17) is 9.73 Å². The van der Waals surface area contributed by atoms with E-state index >= 15 is 0 Å². The van der Waals surface area contributed by atoms with E-state index in [1.807, 2.05) is 61.5 Å². The molecule has 1 aromatic heterocycles. The first-order valence-corrected chi connectivity index (χ1v) is 13.1. The molecule has 0 saturated heterocycles. The summed E-state index contributed by atoms with van der Waals surface area (Å²) in [6.07, 6.45) is 3.65. The number of nitrogens with zero attached hydrogens (tertiary/aromatic N) is 5. The molecule has 1 aliphatic rings. The highest BCUT2D eigenvalue weighted by molar-refractivity contribution is 6.24. The van der Waals surface area contributed by atoms with Crippen LogP contribution >= 0.6 is 0 Å². The fourth-order valence-electron chi connectivity index (χ4n) is 4.72. The van der Waals surface area contributed by atoms with E-state index in [0.29, 0.717) is 52.3 Å². The van der Waals surface area contributed by atoms with Crippen molar-refractivity contribution in [2.24, 2.45) is 4.99 Å². The zero-order valence-corrected chi connectivity index (χ0v) is 23.3. The van der Waals surface area contributed by atoms with Gasteiger partial charge in [-0.05, 0) is 73.8 Å². The van der Waals surface area contributed by atoms with Crippen LogP contribution in [0.15, 0.2) is 78.0 Å². The average molecular weight is 551 g/mol. The number of aromatic nitrogens is 2. The fraction of sp³-hybridized carbons (Fsp3) is 0.226. The van der Waals surface area contributed by atoms with Crippen LogP contribution in [0.3, 0.4) is 0 Å². The molecule has 1 atom stereocenters. The Labute approximate surface area is 237 Å². The van der Waals surface area contributed by atoms with Gasteiger partial charge in [-0.1, -0.05) is 12.1 Å². The summed E-state index contributed by atoms with van der Waals surface area (Å²) >= 11 is 0. The summed E-state index contributed by atoms with van der Waals surface area (Å²) in [4.78, 5) is 55.4. The summed E-state index contributed by atoms with van der Waals surface area (Å²) in [5.41, 5.74) is 5.55. The number of amides is 2. The van der Waals surface area contributed by atoms with Crippen LogP contribution in [-0.4, -0.2) is 73.2 Å². The van der Waals surface area contributed by atoms with Gasteiger partial charge in [0.15, 0.2) is 0 Å². The van der Waals surface area contributed by atoms with Gasteiger partial charge < -0.3 is 19.9 Å². The van der Waals surface area contributed by atoms with E-state index in [-0.39, 0.29) is 11.8 Å². The molecule has 5 rings (SSSR count). The number of ether oxygens (including phenoxy) is 1. The van der Waals surface area contributed by atoms with Gasteiger partial charge in [0.2, 0.25) is 11.8 Å². The van der Waals surface area contributed by atoms with Gasteiger partial charge in [-0.15, -0.1) is 0 Å². The number of carbonyl (C=O) groups is 3. The van der Waals surface area contributed by atoms with Crippen molar-refractivity contribution in [1.82, 2.24) is 14.9 Å². The summed E-state index contributed by atoms with van der Waals surface area (Å²) in [5.74, 6) is -1.47. The van der Waals surface area contributed by atoms with Gasteiger partial charge in [0.1, 0.15) is 5.92 Å². The van der Waals surface area contributed by atoms with Crippen molar-refractivity contribution in [3.63, 3.8) is 0 Å². The fourth-order valence-corrected chi connectivity index (χ4v) is 4.72. The second-order valence-electron chi connectivity index (χ2n) is 10.00. The molecule has 208 valence electrons. The van der Waals surface area contributed by atoms with Crippen LogP contribution in [0.2, 0.25) is 0 Å².